The maximum absolute atomic E-state index is 13.6. The summed E-state index contributed by atoms with van der Waals surface area (Å²) in [6.07, 6.45) is 2.52. The molecular weight excluding hydrogens is 243 g/mol. The molecule has 1 aromatic carbocycles. The number of nitrogens with zero attached hydrogens (tertiary/aromatic N) is 1. The van der Waals surface area contributed by atoms with Crippen LogP contribution in [0.25, 0.3) is 0 Å². The lowest BCUT2D eigenvalue weighted by Crippen LogP contribution is -2.43. The van der Waals surface area contributed by atoms with Crippen molar-refractivity contribution in [3.8, 4) is 5.75 Å². The number of halogens is 3. The second-order valence-corrected chi connectivity index (χ2v) is 5.11. The highest BCUT2D eigenvalue weighted by atomic mass is 19.1. The van der Waals surface area contributed by atoms with Crippen LogP contribution >= 0.6 is 0 Å². The van der Waals surface area contributed by atoms with Crippen molar-refractivity contribution in [1.82, 2.24) is 4.90 Å². The van der Waals surface area contributed by atoms with Gasteiger partial charge in [-0.3, -0.25) is 4.90 Å². The van der Waals surface area contributed by atoms with Gasteiger partial charge in [-0.1, -0.05) is 0 Å². The molecule has 2 aliphatic rings. The van der Waals surface area contributed by atoms with Gasteiger partial charge in [0.1, 0.15) is 11.4 Å². The second-order valence-electron chi connectivity index (χ2n) is 5.11. The first-order valence-electron chi connectivity index (χ1n) is 6.14. The van der Waals surface area contributed by atoms with E-state index in [2.05, 4.69) is 4.90 Å². The number of ether oxygens (including phenoxy) is 1. The predicted octanol–water partition coefficient (Wildman–Crippen LogP) is 2.72. The lowest BCUT2D eigenvalue weighted by molar-refractivity contribution is 0.0375. The SMILES string of the molecule is Fc1cc(F)c(OC23CCCN(CC2)C3)c(F)c1. The molecule has 0 saturated carbocycles. The highest BCUT2D eigenvalue weighted by molar-refractivity contribution is 5.28. The fraction of sp³-hybridized carbons (Fsp3) is 0.538. The van der Waals surface area contributed by atoms with E-state index in [0.717, 1.165) is 32.4 Å². The van der Waals surface area contributed by atoms with Crippen molar-refractivity contribution in [1.29, 1.82) is 0 Å². The van der Waals surface area contributed by atoms with Gasteiger partial charge in [0.25, 0.3) is 0 Å². The van der Waals surface area contributed by atoms with Crippen molar-refractivity contribution in [2.24, 2.45) is 0 Å². The molecule has 2 atom stereocenters. The van der Waals surface area contributed by atoms with Crippen molar-refractivity contribution in [2.75, 3.05) is 19.6 Å². The second kappa shape index (κ2) is 4.16. The first-order valence-corrected chi connectivity index (χ1v) is 6.14. The van der Waals surface area contributed by atoms with E-state index in [-0.39, 0.29) is 0 Å². The topological polar surface area (TPSA) is 12.5 Å². The number of rotatable bonds is 2. The van der Waals surface area contributed by atoms with Crippen molar-refractivity contribution >= 4 is 0 Å². The molecule has 0 spiro atoms. The fourth-order valence-electron chi connectivity index (χ4n) is 2.92. The molecule has 2 saturated heterocycles. The third-order valence-electron chi connectivity index (χ3n) is 3.78. The number of hydrogen-bond donors (Lipinski definition) is 0. The number of fused-ring (bicyclic) bond motifs is 2. The average Bonchev–Trinajstić information content (AvgIpc) is 2.60. The highest BCUT2D eigenvalue weighted by Crippen LogP contribution is 2.37. The van der Waals surface area contributed by atoms with E-state index in [1.54, 1.807) is 0 Å². The van der Waals surface area contributed by atoms with Gasteiger partial charge in [-0.05, 0) is 19.4 Å². The molecular formula is C13H14F3NO. The quantitative estimate of drug-likeness (QED) is 0.807. The molecule has 2 bridgehead atoms. The number of benzene rings is 1. The van der Waals surface area contributed by atoms with Gasteiger partial charge in [-0.2, -0.15) is 0 Å². The van der Waals surface area contributed by atoms with E-state index in [0.29, 0.717) is 18.7 Å². The van der Waals surface area contributed by atoms with Crippen LogP contribution in [-0.4, -0.2) is 30.1 Å². The Kier molecular flexibility index (Phi) is 2.73. The van der Waals surface area contributed by atoms with Gasteiger partial charge in [-0.25, -0.2) is 13.2 Å². The molecule has 2 heterocycles. The van der Waals surface area contributed by atoms with E-state index in [4.69, 9.17) is 4.74 Å². The first-order chi connectivity index (χ1) is 8.58. The lowest BCUT2D eigenvalue weighted by Gasteiger charge is -2.34. The van der Waals surface area contributed by atoms with Crippen molar-refractivity contribution in [3.63, 3.8) is 0 Å². The monoisotopic (exact) mass is 257 g/mol. The van der Waals surface area contributed by atoms with Crippen LogP contribution in [-0.2, 0) is 0 Å². The standard InChI is InChI=1S/C13H14F3NO/c14-9-6-10(15)12(11(16)7-9)18-13-2-1-4-17(8-13)5-3-13/h6-7H,1-5,8H2. The van der Waals surface area contributed by atoms with Crippen LogP contribution in [0.2, 0.25) is 0 Å². The van der Waals surface area contributed by atoms with E-state index in [1.165, 1.54) is 0 Å². The van der Waals surface area contributed by atoms with Gasteiger partial charge in [-0.15, -0.1) is 0 Å². The lowest BCUT2D eigenvalue weighted by atomic mass is 9.94. The Bertz CT molecular complexity index is 452. The summed E-state index contributed by atoms with van der Waals surface area (Å²) < 4.78 is 45.6. The summed E-state index contributed by atoms with van der Waals surface area (Å²) in [6, 6.07) is 1.31. The molecule has 2 unspecified atom stereocenters. The van der Waals surface area contributed by atoms with Crippen LogP contribution in [0.4, 0.5) is 13.2 Å². The summed E-state index contributed by atoms with van der Waals surface area (Å²) in [5.41, 5.74) is -0.502. The fourth-order valence-corrected chi connectivity index (χ4v) is 2.92. The normalized spacial score (nSPS) is 30.5. The zero-order valence-corrected chi connectivity index (χ0v) is 9.89. The van der Waals surface area contributed by atoms with E-state index in [9.17, 15) is 13.2 Å². The molecule has 2 aliphatic heterocycles. The Morgan fingerprint density at radius 2 is 1.78 bits per heavy atom. The Hall–Kier alpha value is -1.23. The molecule has 0 aliphatic carbocycles. The molecule has 2 nitrogen and oxygen atoms in total. The van der Waals surface area contributed by atoms with Crippen LogP contribution in [0, 0.1) is 17.5 Å². The van der Waals surface area contributed by atoms with Crippen LogP contribution in [0.15, 0.2) is 12.1 Å². The Balaban J connectivity index is 1.89. The zero-order valence-electron chi connectivity index (χ0n) is 9.89. The minimum atomic E-state index is -0.967. The number of piperidine rings is 1. The summed E-state index contributed by atoms with van der Waals surface area (Å²) >= 11 is 0. The summed E-state index contributed by atoms with van der Waals surface area (Å²) in [4.78, 5) is 2.23. The van der Waals surface area contributed by atoms with Crippen LogP contribution in [0.3, 0.4) is 0 Å². The van der Waals surface area contributed by atoms with Crippen LogP contribution in [0.5, 0.6) is 5.75 Å². The maximum atomic E-state index is 13.6. The summed E-state index contributed by atoms with van der Waals surface area (Å²) in [7, 11) is 0. The minimum Gasteiger partial charge on any atom is -0.480 e. The molecule has 0 amide bonds. The largest absolute Gasteiger partial charge is 0.480 e. The Morgan fingerprint density at radius 1 is 1.06 bits per heavy atom. The van der Waals surface area contributed by atoms with E-state index < -0.39 is 28.8 Å². The molecule has 5 heteroatoms. The molecule has 0 aromatic heterocycles. The molecule has 0 radical (unpaired) electrons. The Labute approximate surface area is 103 Å². The maximum Gasteiger partial charge on any atom is 0.191 e. The van der Waals surface area contributed by atoms with Crippen molar-refractivity contribution < 1.29 is 17.9 Å². The molecule has 98 valence electrons. The van der Waals surface area contributed by atoms with Gasteiger partial charge in [0.2, 0.25) is 0 Å². The van der Waals surface area contributed by atoms with Crippen molar-refractivity contribution in [3.05, 3.63) is 29.6 Å². The average molecular weight is 257 g/mol. The minimum absolute atomic E-state index is 0.444. The smallest absolute Gasteiger partial charge is 0.191 e. The van der Waals surface area contributed by atoms with Crippen LogP contribution in [0.1, 0.15) is 19.3 Å². The number of hydrogen-bond acceptors (Lipinski definition) is 2. The molecule has 1 aromatic rings. The summed E-state index contributed by atoms with van der Waals surface area (Å²) in [5.74, 6) is -3.30. The molecule has 3 rings (SSSR count). The van der Waals surface area contributed by atoms with Gasteiger partial charge < -0.3 is 4.74 Å². The summed E-state index contributed by atoms with van der Waals surface area (Å²) in [6.45, 7) is 2.60. The summed E-state index contributed by atoms with van der Waals surface area (Å²) in [5, 5.41) is 0. The first kappa shape index (κ1) is 11.8. The van der Waals surface area contributed by atoms with E-state index >= 15 is 0 Å². The van der Waals surface area contributed by atoms with E-state index in [1.807, 2.05) is 0 Å². The molecule has 2 fully saturated rings. The predicted molar refractivity (Wildman–Crippen MR) is 60.0 cm³/mol. The van der Waals surface area contributed by atoms with Crippen molar-refractivity contribution in [2.45, 2.75) is 24.9 Å². The molecule has 18 heavy (non-hydrogen) atoms. The third-order valence-corrected chi connectivity index (χ3v) is 3.78. The Morgan fingerprint density at radius 3 is 2.50 bits per heavy atom. The van der Waals surface area contributed by atoms with Gasteiger partial charge in [0.15, 0.2) is 17.4 Å². The van der Waals surface area contributed by atoms with Gasteiger partial charge in [0, 0.05) is 31.6 Å². The van der Waals surface area contributed by atoms with Gasteiger partial charge in [0.05, 0.1) is 0 Å². The van der Waals surface area contributed by atoms with Crippen LogP contribution < -0.4 is 4.74 Å². The zero-order chi connectivity index (χ0) is 12.8. The van der Waals surface area contributed by atoms with Gasteiger partial charge >= 0.3 is 0 Å². The third kappa shape index (κ3) is 1.96. The highest BCUT2D eigenvalue weighted by Gasteiger charge is 2.43. The molecule has 0 N–H and O–H groups in total.